The average Bonchev–Trinajstić information content (AvgIpc) is 2.29. The van der Waals surface area contributed by atoms with E-state index in [0.29, 0.717) is 11.5 Å². The largest absolute Gasteiger partial charge is 0.493 e. The zero-order chi connectivity index (χ0) is 12.1. The fourth-order valence-corrected chi connectivity index (χ4v) is 1.29. The Labute approximate surface area is 96.3 Å². The third kappa shape index (κ3) is 3.00. The highest BCUT2D eigenvalue weighted by molar-refractivity contribution is 5.43. The van der Waals surface area contributed by atoms with Gasteiger partial charge >= 0.3 is 0 Å². The Kier molecular flexibility index (Phi) is 4.38. The predicted molar refractivity (Wildman–Crippen MR) is 63.9 cm³/mol. The van der Waals surface area contributed by atoms with Crippen LogP contribution in [0.25, 0.3) is 0 Å². The van der Waals surface area contributed by atoms with Gasteiger partial charge in [0, 0.05) is 0 Å². The lowest BCUT2D eigenvalue weighted by Crippen LogP contribution is -2.08. The minimum atomic E-state index is -0.514. The van der Waals surface area contributed by atoms with Gasteiger partial charge in [0.15, 0.2) is 11.5 Å². The van der Waals surface area contributed by atoms with E-state index in [4.69, 9.17) is 9.47 Å². The van der Waals surface area contributed by atoms with E-state index in [-0.39, 0.29) is 6.10 Å². The Morgan fingerprint density at radius 3 is 2.50 bits per heavy atom. The van der Waals surface area contributed by atoms with Gasteiger partial charge in [0.2, 0.25) is 0 Å². The van der Waals surface area contributed by atoms with E-state index in [1.54, 1.807) is 32.2 Å². The summed E-state index contributed by atoms with van der Waals surface area (Å²) in [6, 6.07) is 5.38. The SMILES string of the molecule is C=CC(C)Oc1ccc([C@H](C)O)cc1OC. The monoisotopic (exact) mass is 222 g/mol. The highest BCUT2D eigenvalue weighted by Crippen LogP contribution is 2.30. The van der Waals surface area contributed by atoms with E-state index >= 15 is 0 Å². The van der Waals surface area contributed by atoms with Crippen LogP contribution in [0.2, 0.25) is 0 Å². The summed E-state index contributed by atoms with van der Waals surface area (Å²) in [5.74, 6) is 1.27. The molecule has 1 aromatic rings. The van der Waals surface area contributed by atoms with Crippen molar-refractivity contribution in [2.45, 2.75) is 26.1 Å². The molecule has 1 rings (SSSR count). The van der Waals surface area contributed by atoms with Crippen LogP contribution in [0.5, 0.6) is 11.5 Å². The van der Waals surface area contributed by atoms with Crippen LogP contribution < -0.4 is 9.47 Å². The molecule has 0 heterocycles. The van der Waals surface area contributed by atoms with Crippen LogP contribution in [-0.4, -0.2) is 18.3 Å². The van der Waals surface area contributed by atoms with Gasteiger partial charge in [0.25, 0.3) is 0 Å². The molecule has 0 spiro atoms. The molecule has 88 valence electrons. The van der Waals surface area contributed by atoms with Crippen molar-refractivity contribution in [2.75, 3.05) is 7.11 Å². The van der Waals surface area contributed by atoms with Crippen LogP contribution in [0.4, 0.5) is 0 Å². The van der Waals surface area contributed by atoms with Crippen LogP contribution in [0.15, 0.2) is 30.9 Å². The zero-order valence-electron chi connectivity index (χ0n) is 9.93. The molecule has 16 heavy (non-hydrogen) atoms. The molecule has 1 aromatic carbocycles. The fourth-order valence-electron chi connectivity index (χ4n) is 1.29. The average molecular weight is 222 g/mol. The number of ether oxygens (including phenoxy) is 2. The number of benzene rings is 1. The van der Waals surface area contributed by atoms with Gasteiger partial charge < -0.3 is 14.6 Å². The van der Waals surface area contributed by atoms with Gasteiger partial charge in [0.05, 0.1) is 13.2 Å². The first-order valence-electron chi connectivity index (χ1n) is 5.23. The molecular weight excluding hydrogens is 204 g/mol. The normalized spacial score (nSPS) is 14.0. The molecule has 0 bridgehead atoms. The number of methoxy groups -OCH3 is 1. The number of hydrogen-bond donors (Lipinski definition) is 1. The minimum absolute atomic E-state index is 0.0775. The molecule has 3 nitrogen and oxygen atoms in total. The molecule has 0 fully saturated rings. The maximum absolute atomic E-state index is 9.45. The van der Waals surface area contributed by atoms with Gasteiger partial charge in [0.1, 0.15) is 6.10 Å². The van der Waals surface area contributed by atoms with E-state index in [9.17, 15) is 5.11 Å². The summed E-state index contributed by atoms with van der Waals surface area (Å²) in [5.41, 5.74) is 0.801. The molecule has 0 aliphatic rings. The third-order valence-electron chi connectivity index (χ3n) is 2.31. The molecule has 0 saturated heterocycles. The number of aliphatic hydroxyl groups is 1. The Bertz CT molecular complexity index is 358. The minimum Gasteiger partial charge on any atom is -0.493 e. The molecular formula is C13H18O3. The first-order chi connectivity index (χ1) is 7.58. The zero-order valence-corrected chi connectivity index (χ0v) is 9.93. The smallest absolute Gasteiger partial charge is 0.162 e. The number of aliphatic hydroxyl groups excluding tert-OH is 1. The van der Waals surface area contributed by atoms with Crippen LogP contribution in [0, 0.1) is 0 Å². The second-order valence-corrected chi connectivity index (χ2v) is 3.64. The maximum Gasteiger partial charge on any atom is 0.162 e. The van der Waals surface area contributed by atoms with Crippen LogP contribution >= 0.6 is 0 Å². The van der Waals surface area contributed by atoms with Crippen molar-refractivity contribution in [3.8, 4) is 11.5 Å². The highest BCUT2D eigenvalue weighted by Gasteiger charge is 2.10. The Morgan fingerprint density at radius 1 is 1.31 bits per heavy atom. The van der Waals surface area contributed by atoms with E-state index in [2.05, 4.69) is 6.58 Å². The van der Waals surface area contributed by atoms with Crippen molar-refractivity contribution in [2.24, 2.45) is 0 Å². The van der Waals surface area contributed by atoms with Crippen molar-refractivity contribution in [1.82, 2.24) is 0 Å². The van der Waals surface area contributed by atoms with Crippen molar-refractivity contribution in [3.05, 3.63) is 36.4 Å². The molecule has 0 aromatic heterocycles. The van der Waals surface area contributed by atoms with Crippen LogP contribution in [0.1, 0.15) is 25.5 Å². The topological polar surface area (TPSA) is 38.7 Å². The lowest BCUT2D eigenvalue weighted by atomic mass is 10.1. The number of hydrogen-bond acceptors (Lipinski definition) is 3. The molecule has 0 aliphatic carbocycles. The highest BCUT2D eigenvalue weighted by atomic mass is 16.5. The summed E-state index contributed by atoms with van der Waals surface area (Å²) in [6.07, 6.45) is 1.12. The first-order valence-corrected chi connectivity index (χ1v) is 5.23. The molecule has 0 radical (unpaired) electrons. The molecule has 1 N–H and O–H groups in total. The van der Waals surface area contributed by atoms with Crippen molar-refractivity contribution >= 4 is 0 Å². The summed E-state index contributed by atoms with van der Waals surface area (Å²) in [4.78, 5) is 0. The molecule has 2 atom stereocenters. The van der Waals surface area contributed by atoms with E-state index in [0.717, 1.165) is 5.56 Å². The standard InChI is InChI=1S/C13H18O3/c1-5-9(2)16-12-7-6-11(10(3)14)8-13(12)15-4/h5-10,14H,1H2,2-4H3/t9?,10-/m0/s1. The maximum atomic E-state index is 9.45. The first kappa shape index (κ1) is 12.6. The summed E-state index contributed by atoms with van der Waals surface area (Å²) < 4.78 is 10.8. The molecule has 3 heteroatoms. The summed E-state index contributed by atoms with van der Waals surface area (Å²) in [7, 11) is 1.58. The second-order valence-electron chi connectivity index (χ2n) is 3.64. The van der Waals surface area contributed by atoms with E-state index in [1.807, 2.05) is 13.0 Å². The molecule has 0 amide bonds. The van der Waals surface area contributed by atoms with Gasteiger partial charge in [-0.3, -0.25) is 0 Å². The van der Waals surface area contributed by atoms with Crippen molar-refractivity contribution in [3.63, 3.8) is 0 Å². The Balaban J connectivity index is 2.97. The second kappa shape index (κ2) is 5.56. The van der Waals surface area contributed by atoms with E-state index < -0.39 is 6.10 Å². The van der Waals surface area contributed by atoms with Gasteiger partial charge in [-0.2, -0.15) is 0 Å². The van der Waals surface area contributed by atoms with Gasteiger partial charge in [-0.1, -0.05) is 18.7 Å². The summed E-state index contributed by atoms with van der Waals surface area (Å²) in [5, 5.41) is 9.45. The predicted octanol–water partition coefficient (Wildman–Crippen LogP) is 2.70. The van der Waals surface area contributed by atoms with Crippen LogP contribution in [0.3, 0.4) is 0 Å². The molecule has 0 aliphatic heterocycles. The fraction of sp³-hybridized carbons (Fsp3) is 0.385. The quantitative estimate of drug-likeness (QED) is 0.778. The Morgan fingerprint density at radius 2 is 2.00 bits per heavy atom. The molecule has 0 saturated carbocycles. The van der Waals surface area contributed by atoms with Crippen LogP contribution in [-0.2, 0) is 0 Å². The third-order valence-corrected chi connectivity index (χ3v) is 2.31. The van der Waals surface area contributed by atoms with Gasteiger partial charge in [-0.05, 0) is 31.5 Å². The van der Waals surface area contributed by atoms with Gasteiger partial charge in [-0.15, -0.1) is 0 Å². The van der Waals surface area contributed by atoms with Gasteiger partial charge in [-0.25, -0.2) is 0 Å². The summed E-state index contributed by atoms with van der Waals surface area (Å²) >= 11 is 0. The van der Waals surface area contributed by atoms with E-state index in [1.165, 1.54) is 0 Å². The number of rotatable bonds is 5. The molecule has 1 unspecified atom stereocenters. The lowest BCUT2D eigenvalue weighted by molar-refractivity contribution is 0.198. The van der Waals surface area contributed by atoms with Crippen molar-refractivity contribution < 1.29 is 14.6 Å². The summed E-state index contributed by atoms with van der Waals surface area (Å²) in [6.45, 7) is 7.26. The Hall–Kier alpha value is -1.48. The lowest BCUT2D eigenvalue weighted by Gasteiger charge is -2.15. The van der Waals surface area contributed by atoms with Crippen molar-refractivity contribution in [1.29, 1.82) is 0 Å².